The zero-order valence-corrected chi connectivity index (χ0v) is 18.2. The minimum absolute atomic E-state index is 0.232. The molecule has 0 bridgehead atoms. The molecule has 0 amide bonds. The number of ketones is 2. The molecule has 0 aromatic carbocycles. The van der Waals surface area contributed by atoms with Crippen molar-refractivity contribution in [3.8, 4) is 0 Å². The lowest BCUT2D eigenvalue weighted by Gasteiger charge is -2.52. The van der Waals surface area contributed by atoms with E-state index in [-0.39, 0.29) is 17.0 Å². The molecular formula is C22H30O6S. The molecule has 4 aliphatic rings. The normalized spacial score (nSPS) is 38.1. The number of carbonyl (C=O) groups is 2. The summed E-state index contributed by atoms with van der Waals surface area (Å²) >= 11 is 0. The molecule has 2 saturated carbocycles. The number of hydrogen-bond acceptors (Lipinski definition) is 5. The van der Waals surface area contributed by atoms with Gasteiger partial charge in [0.1, 0.15) is 6.10 Å². The number of hydrogen-bond donors (Lipinski definition) is 1. The van der Waals surface area contributed by atoms with Gasteiger partial charge in [0.05, 0.1) is 0 Å². The predicted molar refractivity (Wildman–Crippen MR) is 107 cm³/mol. The molecule has 0 aromatic heterocycles. The molecule has 5 atom stereocenters. The van der Waals surface area contributed by atoms with Crippen LogP contribution in [-0.2, 0) is 24.2 Å². The highest BCUT2D eigenvalue weighted by atomic mass is 32.3. The lowest BCUT2D eigenvalue weighted by atomic mass is 9.51. The molecule has 4 aliphatic carbocycles. The molecule has 0 aliphatic heterocycles. The topological polar surface area (TPSA) is 97.7 Å². The predicted octanol–water partition coefficient (Wildman–Crippen LogP) is 3.98. The summed E-state index contributed by atoms with van der Waals surface area (Å²) in [6.07, 6.45) is 7.44. The zero-order chi connectivity index (χ0) is 21.2. The van der Waals surface area contributed by atoms with E-state index in [1.165, 1.54) is 23.6 Å². The first-order chi connectivity index (χ1) is 13.5. The zero-order valence-electron chi connectivity index (χ0n) is 17.4. The molecule has 160 valence electrons. The van der Waals surface area contributed by atoms with Gasteiger partial charge in [0.25, 0.3) is 0 Å². The molecule has 2 fully saturated rings. The van der Waals surface area contributed by atoms with Gasteiger partial charge in [-0.05, 0) is 86.3 Å². The SMILES string of the molecule is C[C@H](OS(=O)(=O)O)C(=O)[C@@]1(C)CC[C@H]2[C@@H]3CCC4=CC(=O)CCC4=C3CC[C@@]21C. The van der Waals surface area contributed by atoms with Crippen LogP contribution >= 0.6 is 0 Å². The van der Waals surface area contributed by atoms with Crippen molar-refractivity contribution in [1.29, 1.82) is 0 Å². The summed E-state index contributed by atoms with van der Waals surface area (Å²) in [7, 11) is -4.67. The molecule has 4 rings (SSSR count). The molecule has 0 unspecified atom stereocenters. The monoisotopic (exact) mass is 422 g/mol. The fourth-order valence-electron chi connectivity index (χ4n) is 6.88. The summed E-state index contributed by atoms with van der Waals surface area (Å²) in [5.74, 6) is 0.789. The second-order valence-corrected chi connectivity index (χ2v) is 10.8. The van der Waals surface area contributed by atoms with Crippen LogP contribution in [0.2, 0.25) is 0 Å². The standard InChI is InChI=1S/C22H30O6S/c1-13(28-29(25,26)27)20(24)22(3)11-9-19-18-6-4-14-12-15(23)5-7-16(14)17(18)8-10-21(19,22)2/h12-13,18-19H,4-11H2,1-3H3,(H,25,26,27)/t13-,18+,19-,21-,22+/m0/s1. The highest BCUT2D eigenvalue weighted by Crippen LogP contribution is 2.67. The smallest absolute Gasteiger partial charge is 0.296 e. The third-order valence-electron chi connectivity index (χ3n) is 8.52. The van der Waals surface area contributed by atoms with Crippen molar-refractivity contribution in [2.75, 3.05) is 0 Å². The van der Waals surface area contributed by atoms with Crippen molar-refractivity contribution in [3.05, 3.63) is 22.8 Å². The van der Waals surface area contributed by atoms with Gasteiger partial charge in [0.15, 0.2) is 11.6 Å². The van der Waals surface area contributed by atoms with E-state index >= 15 is 0 Å². The van der Waals surface area contributed by atoms with Gasteiger partial charge in [-0.15, -0.1) is 0 Å². The highest BCUT2D eigenvalue weighted by molar-refractivity contribution is 7.80. The number of carbonyl (C=O) groups excluding carboxylic acids is 2. The van der Waals surface area contributed by atoms with E-state index in [0.29, 0.717) is 24.7 Å². The Morgan fingerprint density at radius 2 is 1.90 bits per heavy atom. The Hall–Kier alpha value is -1.31. The summed E-state index contributed by atoms with van der Waals surface area (Å²) in [5.41, 5.74) is 3.20. The van der Waals surface area contributed by atoms with E-state index < -0.39 is 21.9 Å². The Balaban J connectivity index is 1.65. The quantitative estimate of drug-likeness (QED) is 0.688. The van der Waals surface area contributed by atoms with E-state index in [1.54, 1.807) is 0 Å². The van der Waals surface area contributed by atoms with Crippen LogP contribution in [-0.4, -0.2) is 30.6 Å². The third-order valence-corrected chi connectivity index (χ3v) is 9.05. The van der Waals surface area contributed by atoms with Crippen molar-refractivity contribution < 1.29 is 26.7 Å². The molecule has 1 N–H and O–H groups in total. The maximum absolute atomic E-state index is 13.3. The summed E-state index contributed by atoms with van der Waals surface area (Å²) in [5, 5.41) is 0. The van der Waals surface area contributed by atoms with Crippen LogP contribution in [0.4, 0.5) is 0 Å². The molecule has 0 saturated heterocycles. The maximum Gasteiger partial charge on any atom is 0.398 e. The summed E-state index contributed by atoms with van der Waals surface area (Å²) < 4.78 is 35.9. The van der Waals surface area contributed by atoms with Gasteiger partial charge in [-0.1, -0.05) is 19.4 Å². The van der Waals surface area contributed by atoms with Gasteiger partial charge in [0.2, 0.25) is 0 Å². The first-order valence-electron chi connectivity index (χ1n) is 10.6. The average Bonchev–Trinajstić information content (AvgIpc) is 2.91. The van der Waals surface area contributed by atoms with Gasteiger partial charge < -0.3 is 0 Å². The van der Waals surface area contributed by atoms with Crippen molar-refractivity contribution in [2.45, 2.75) is 78.2 Å². The number of fused-ring (bicyclic) bond motifs is 4. The van der Waals surface area contributed by atoms with E-state index in [0.717, 1.165) is 38.5 Å². The summed E-state index contributed by atoms with van der Waals surface area (Å²) in [4.78, 5) is 25.1. The summed E-state index contributed by atoms with van der Waals surface area (Å²) in [6.45, 7) is 5.54. The van der Waals surface area contributed by atoms with Gasteiger partial charge in [-0.3, -0.25) is 14.1 Å². The number of Topliss-reactive ketones (excluding diaryl/α,β-unsaturated/α-hetero) is 1. The first kappa shape index (κ1) is 20.9. The number of allylic oxidation sites excluding steroid dienone is 4. The van der Waals surface area contributed by atoms with Crippen LogP contribution in [0.3, 0.4) is 0 Å². The van der Waals surface area contributed by atoms with Gasteiger partial charge in [0, 0.05) is 11.8 Å². The van der Waals surface area contributed by atoms with Crippen LogP contribution in [0, 0.1) is 22.7 Å². The van der Waals surface area contributed by atoms with Crippen LogP contribution in [0.15, 0.2) is 22.8 Å². The van der Waals surface area contributed by atoms with Crippen LogP contribution in [0.5, 0.6) is 0 Å². The highest BCUT2D eigenvalue weighted by Gasteiger charge is 2.62. The van der Waals surface area contributed by atoms with Crippen LogP contribution in [0.1, 0.15) is 72.1 Å². The Kier molecular flexibility index (Phi) is 4.95. The third kappa shape index (κ3) is 3.26. The fourth-order valence-corrected chi connectivity index (χ4v) is 7.33. The molecule has 7 heteroatoms. The Bertz CT molecular complexity index is 929. The molecule has 0 radical (unpaired) electrons. The van der Waals surface area contributed by atoms with Crippen molar-refractivity contribution >= 4 is 22.0 Å². The van der Waals surface area contributed by atoms with E-state index in [4.69, 9.17) is 4.55 Å². The van der Waals surface area contributed by atoms with E-state index in [2.05, 4.69) is 11.1 Å². The van der Waals surface area contributed by atoms with E-state index in [9.17, 15) is 18.0 Å². The minimum atomic E-state index is -4.67. The van der Waals surface area contributed by atoms with Gasteiger partial charge in [-0.2, -0.15) is 8.42 Å². The van der Waals surface area contributed by atoms with Gasteiger partial charge >= 0.3 is 10.4 Å². The van der Waals surface area contributed by atoms with Crippen LogP contribution < -0.4 is 0 Å². The fraction of sp³-hybridized carbons (Fsp3) is 0.727. The lowest BCUT2D eigenvalue weighted by Crippen LogP contribution is -2.50. The number of rotatable bonds is 4. The second kappa shape index (κ2) is 6.86. The van der Waals surface area contributed by atoms with E-state index in [1.807, 2.05) is 13.0 Å². The molecular weight excluding hydrogens is 392 g/mol. The molecule has 0 spiro atoms. The lowest BCUT2D eigenvalue weighted by molar-refractivity contribution is -0.143. The second-order valence-electron chi connectivity index (χ2n) is 9.71. The van der Waals surface area contributed by atoms with Crippen molar-refractivity contribution in [2.24, 2.45) is 22.7 Å². The van der Waals surface area contributed by atoms with Crippen molar-refractivity contribution in [3.63, 3.8) is 0 Å². The Morgan fingerprint density at radius 3 is 2.59 bits per heavy atom. The Morgan fingerprint density at radius 1 is 1.17 bits per heavy atom. The largest absolute Gasteiger partial charge is 0.398 e. The average molecular weight is 423 g/mol. The minimum Gasteiger partial charge on any atom is -0.296 e. The van der Waals surface area contributed by atoms with Gasteiger partial charge in [-0.25, -0.2) is 4.18 Å². The molecule has 0 aromatic rings. The molecule has 6 nitrogen and oxygen atoms in total. The van der Waals surface area contributed by atoms with Crippen molar-refractivity contribution in [1.82, 2.24) is 0 Å². The molecule has 29 heavy (non-hydrogen) atoms. The first-order valence-corrected chi connectivity index (χ1v) is 12.0. The Labute approximate surface area is 172 Å². The maximum atomic E-state index is 13.3. The molecule has 0 heterocycles. The van der Waals surface area contributed by atoms with Crippen LogP contribution in [0.25, 0.3) is 0 Å². The summed E-state index contributed by atoms with van der Waals surface area (Å²) in [6, 6.07) is 0.